The van der Waals surface area contributed by atoms with Crippen LogP contribution < -0.4 is 4.74 Å². The molecule has 0 spiro atoms. The van der Waals surface area contributed by atoms with Crippen LogP contribution in [0.1, 0.15) is 30.6 Å². The van der Waals surface area contributed by atoms with Crippen LogP contribution in [0, 0.1) is 0 Å². The number of para-hydroxylation sites is 1. The highest BCUT2D eigenvalue weighted by Crippen LogP contribution is 2.19. The van der Waals surface area contributed by atoms with E-state index in [-0.39, 0.29) is 5.78 Å². The molecule has 0 amide bonds. The summed E-state index contributed by atoms with van der Waals surface area (Å²) in [6, 6.07) is 7.35. The fourth-order valence-corrected chi connectivity index (χ4v) is 1.25. The van der Waals surface area contributed by atoms with Crippen LogP contribution >= 0.6 is 0 Å². The number of hydrogen-bond acceptors (Lipinski definition) is 2. The predicted octanol–water partition coefficient (Wildman–Crippen LogP) is 3.23. The van der Waals surface area contributed by atoms with Gasteiger partial charge in [0.05, 0.1) is 5.56 Å². The molecule has 0 aliphatic heterocycles. The van der Waals surface area contributed by atoms with Crippen LogP contribution in [0.4, 0.5) is 0 Å². The van der Waals surface area contributed by atoms with E-state index in [9.17, 15) is 4.79 Å². The zero-order chi connectivity index (χ0) is 11.1. The molecule has 0 bridgehead atoms. The molecule has 2 nitrogen and oxygen atoms in total. The van der Waals surface area contributed by atoms with Crippen LogP contribution in [0.5, 0.6) is 5.75 Å². The zero-order valence-electron chi connectivity index (χ0n) is 9.19. The van der Waals surface area contributed by atoms with Gasteiger partial charge in [0.25, 0.3) is 0 Å². The van der Waals surface area contributed by atoms with Crippen molar-refractivity contribution in [2.45, 2.75) is 20.3 Å². The molecule has 1 aromatic carbocycles. The highest BCUT2D eigenvalue weighted by Gasteiger charge is 2.08. The van der Waals surface area contributed by atoms with Crippen molar-refractivity contribution in [3.8, 4) is 5.75 Å². The number of benzene rings is 1. The van der Waals surface area contributed by atoms with Crippen LogP contribution in [-0.2, 0) is 0 Å². The van der Waals surface area contributed by atoms with Crippen LogP contribution in [0.2, 0.25) is 0 Å². The maximum atomic E-state index is 11.6. The van der Waals surface area contributed by atoms with Gasteiger partial charge in [-0.25, -0.2) is 0 Å². The Bertz CT molecular complexity index is 353. The van der Waals surface area contributed by atoms with E-state index in [0.717, 1.165) is 0 Å². The Kier molecular flexibility index (Phi) is 4.61. The molecule has 0 heterocycles. The third-order valence-electron chi connectivity index (χ3n) is 2.08. The fraction of sp³-hybridized carbons (Fsp3) is 0.308. The molecule has 0 aliphatic rings. The van der Waals surface area contributed by atoms with E-state index in [4.69, 9.17) is 4.74 Å². The minimum absolute atomic E-state index is 0.117. The first-order valence-electron chi connectivity index (χ1n) is 5.15. The van der Waals surface area contributed by atoms with Crippen LogP contribution in [-0.4, -0.2) is 12.4 Å². The van der Waals surface area contributed by atoms with Crippen molar-refractivity contribution in [1.82, 2.24) is 0 Å². The van der Waals surface area contributed by atoms with Gasteiger partial charge in [0.2, 0.25) is 0 Å². The molecular formula is C13H16O2. The van der Waals surface area contributed by atoms with Gasteiger partial charge in [0, 0.05) is 6.42 Å². The van der Waals surface area contributed by atoms with E-state index in [1.165, 1.54) is 0 Å². The third kappa shape index (κ3) is 3.24. The summed E-state index contributed by atoms with van der Waals surface area (Å²) in [6.07, 6.45) is 4.33. The second-order valence-electron chi connectivity index (χ2n) is 3.15. The van der Waals surface area contributed by atoms with Gasteiger partial charge in [-0.3, -0.25) is 4.79 Å². The molecule has 0 fully saturated rings. The Labute approximate surface area is 90.6 Å². The van der Waals surface area contributed by atoms with Gasteiger partial charge in [-0.2, -0.15) is 0 Å². The summed E-state index contributed by atoms with van der Waals surface area (Å²) in [5.74, 6) is 0.786. The SMILES string of the molecule is C/C=C/COc1ccccc1C(=O)CC. The maximum absolute atomic E-state index is 11.6. The highest BCUT2D eigenvalue weighted by molar-refractivity contribution is 5.98. The van der Waals surface area contributed by atoms with Crippen molar-refractivity contribution in [3.63, 3.8) is 0 Å². The topological polar surface area (TPSA) is 26.3 Å². The van der Waals surface area contributed by atoms with Crippen molar-refractivity contribution in [2.75, 3.05) is 6.61 Å². The number of rotatable bonds is 5. The minimum atomic E-state index is 0.117. The van der Waals surface area contributed by atoms with Crippen LogP contribution in [0.3, 0.4) is 0 Å². The molecular weight excluding hydrogens is 188 g/mol. The Morgan fingerprint density at radius 1 is 1.40 bits per heavy atom. The smallest absolute Gasteiger partial charge is 0.166 e. The molecule has 0 saturated carbocycles. The van der Waals surface area contributed by atoms with Gasteiger partial charge in [0.15, 0.2) is 5.78 Å². The second-order valence-corrected chi connectivity index (χ2v) is 3.15. The molecule has 0 atom stereocenters. The molecule has 80 valence electrons. The van der Waals surface area contributed by atoms with Crippen molar-refractivity contribution in [1.29, 1.82) is 0 Å². The quantitative estimate of drug-likeness (QED) is 0.543. The monoisotopic (exact) mass is 204 g/mol. The minimum Gasteiger partial charge on any atom is -0.489 e. The molecule has 0 saturated heterocycles. The maximum Gasteiger partial charge on any atom is 0.166 e. The summed E-state index contributed by atoms with van der Waals surface area (Å²) in [5, 5.41) is 0. The summed E-state index contributed by atoms with van der Waals surface area (Å²) in [6.45, 7) is 4.29. The van der Waals surface area contributed by atoms with E-state index in [0.29, 0.717) is 24.3 Å². The van der Waals surface area contributed by atoms with Gasteiger partial charge in [0.1, 0.15) is 12.4 Å². The summed E-state index contributed by atoms with van der Waals surface area (Å²) in [5.41, 5.74) is 0.671. The van der Waals surface area contributed by atoms with Crippen molar-refractivity contribution < 1.29 is 9.53 Å². The summed E-state index contributed by atoms with van der Waals surface area (Å²) in [4.78, 5) is 11.6. The number of carbonyl (C=O) groups is 1. The lowest BCUT2D eigenvalue weighted by Gasteiger charge is -2.07. The van der Waals surface area contributed by atoms with E-state index in [1.807, 2.05) is 44.2 Å². The number of hydrogen-bond donors (Lipinski definition) is 0. The van der Waals surface area contributed by atoms with E-state index >= 15 is 0 Å². The average Bonchev–Trinajstić information content (AvgIpc) is 2.29. The van der Waals surface area contributed by atoms with Crippen molar-refractivity contribution in [2.24, 2.45) is 0 Å². The van der Waals surface area contributed by atoms with Crippen LogP contribution in [0.25, 0.3) is 0 Å². The van der Waals surface area contributed by atoms with Gasteiger partial charge >= 0.3 is 0 Å². The number of carbonyl (C=O) groups excluding carboxylic acids is 1. The van der Waals surface area contributed by atoms with E-state index in [2.05, 4.69) is 0 Å². The molecule has 0 N–H and O–H groups in total. The lowest BCUT2D eigenvalue weighted by Crippen LogP contribution is -2.02. The van der Waals surface area contributed by atoms with E-state index in [1.54, 1.807) is 6.07 Å². The number of allylic oxidation sites excluding steroid dienone is 1. The van der Waals surface area contributed by atoms with E-state index < -0.39 is 0 Å². The molecule has 2 heteroatoms. The van der Waals surface area contributed by atoms with Gasteiger partial charge < -0.3 is 4.74 Å². The summed E-state index contributed by atoms with van der Waals surface area (Å²) in [7, 11) is 0. The first-order valence-corrected chi connectivity index (χ1v) is 5.15. The van der Waals surface area contributed by atoms with Gasteiger partial charge in [-0.05, 0) is 19.1 Å². The molecule has 0 aliphatic carbocycles. The normalized spacial score (nSPS) is 10.5. The van der Waals surface area contributed by atoms with Gasteiger partial charge in [-0.15, -0.1) is 0 Å². The number of ketones is 1. The Morgan fingerprint density at radius 3 is 2.80 bits per heavy atom. The Balaban J connectivity index is 2.81. The van der Waals surface area contributed by atoms with Crippen molar-refractivity contribution in [3.05, 3.63) is 42.0 Å². The third-order valence-corrected chi connectivity index (χ3v) is 2.08. The molecule has 1 rings (SSSR count). The molecule has 0 unspecified atom stereocenters. The number of Topliss-reactive ketones (excluding diaryl/α,β-unsaturated/α-hetero) is 1. The summed E-state index contributed by atoms with van der Waals surface area (Å²) < 4.78 is 5.49. The Morgan fingerprint density at radius 2 is 2.13 bits per heavy atom. The number of ether oxygens (including phenoxy) is 1. The predicted molar refractivity (Wildman–Crippen MR) is 61.4 cm³/mol. The fourth-order valence-electron chi connectivity index (χ4n) is 1.25. The zero-order valence-corrected chi connectivity index (χ0v) is 9.19. The first-order chi connectivity index (χ1) is 7.29. The lowest BCUT2D eigenvalue weighted by atomic mass is 10.1. The van der Waals surface area contributed by atoms with Gasteiger partial charge in [-0.1, -0.05) is 31.2 Å². The molecule has 1 aromatic rings. The largest absolute Gasteiger partial charge is 0.489 e. The first kappa shape index (κ1) is 11.5. The van der Waals surface area contributed by atoms with Crippen molar-refractivity contribution >= 4 is 5.78 Å². The lowest BCUT2D eigenvalue weighted by molar-refractivity contribution is 0.0984. The Hall–Kier alpha value is -1.57. The standard InChI is InChI=1S/C13H16O2/c1-3-5-10-15-13-9-7-6-8-11(13)12(14)4-2/h3,5-9H,4,10H2,1-2H3/b5-3+. The molecule has 15 heavy (non-hydrogen) atoms. The van der Waals surface area contributed by atoms with Crippen LogP contribution in [0.15, 0.2) is 36.4 Å². The average molecular weight is 204 g/mol. The summed E-state index contributed by atoms with van der Waals surface area (Å²) >= 11 is 0. The second kappa shape index (κ2) is 6.02. The molecule has 0 aromatic heterocycles. The molecule has 0 radical (unpaired) electrons. The highest BCUT2D eigenvalue weighted by atomic mass is 16.5.